The van der Waals surface area contributed by atoms with Crippen molar-refractivity contribution in [2.24, 2.45) is 0 Å². The van der Waals surface area contributed by atoms with Crippen molar-refractivity contribution in [3.63, 3.8) is 0 Å². The fraction of sp³-hybridized carbons (Fsp3) is 0.0667. The van der Waals surface area contributed by atoms with Gasteiger partial charge in [-0.2, -0.15) is 0 Å². The molecular formula is C45H36O3. The second-order valence-corrected chi connectivity index (χ2v) is 11.8. The Bertz CT molecular complexity index is 1830. The van der Waals surface area contributed by atoms with Crippen molar-refractivity contribution in [3.8, 4) is 56.0 Å². The summed E-state index contributed by atoms with van der Waals surface area (Å²) in [4.78, 5) is 0. The maximum absolute atomic E-state index is 10.1. The Labute approximate surface area is 282 Å². The smallest absolute Gasteiger partial charge is 0.123 e. The molecule has 0 unspecified atom stereocenters. The zero-order chi connectivity index (χ0) is 32.5. The first kappa shape index (κ1) is 30.7. The molecule has 234 valence electrons. The highest BCUT2D eigenvalue weighted by Crippen LogP contribution is 2.32. The number of ether oxygens (including phenoxy) is 2. The summed E-state index contributed by atoms with van der Waals surface area (Å²) in [7, 11) is 0. The van der Waals surface area contributed by atoms with E-state index in [1.54, 1.807) is 0 Å². The monoisotopic (exact) mass is 624 g/mol. The fourth-order valence-electron chi connectivity index (χ4n) is 5.96. The lowest BCUT2D eigenvalue weighted by Crippen LogP contribution is -2.00. The van der Waals surface area contributed by atoms with Gasteiger partial charge in [0.25, 0.3) is 0 Å². The Balaban J connectivity index is 1.14. The molecule has 0 radical (unpaired) electrons. The minimum atomic E-state index is -0.114. The molecule has 0 saturated heterocycles. The van der Waals surface area contributed by atoms with E-state index < -0.39 is 0 Å². The summed E-state index contributed by atoms with van der Waals surface area (Å²) in [5.74, 6) is 1.29. The maximum Gasteiger partial charge on any atom is 0.123 e. The van der Waals surface area contributed by atoms with E-state index in [4.69, 9.17) is 9.47 Å². The Morgan fingerprint density at radius 1 is 0.312 bits per heavy atom. The molecule has 3 nitrogen and oxygen atoms in total. The first-order valence-corrected chi connectivity index (χ1v) is 16.2. The first-order chi connectivity index (χ1) is 23.7. The van der Waals surface area contributed by atoms with Crippen LogP contribution < -0.4 is 9.47 Å². The Hall–Kier alpha value is -5.90. The highest BCUT2D eigenvalue weighted by molar-refractivity contribution is 5.75. The van der Waals surface area contributed by atoms with Crippen molar-refractivity contribution in [1.82, 2.24) is 0 Å². The molecule has 0 amide bonds. The summed E-state index contributed by atoms with van der Waals surface area (Å²) in [6.45, 7) is 0.625. The van der Waals surface area contributed by atoms with Gasteiger partial charge in [0, 0.05) is 6.07 Å². The van der Waals surface area contributed by atoms with Gasteiger partial charge >= 0.3 is 0 Å². The third-order valence-electron chi connectivity index (χ3n) is 8.35. The topological polar surface area (TPSA) is 38.7 Å². The molecule has 7 aromatic rings. The second-order valence-electron chi connectivity index (χ2n) is 11.8. The minimum absolute atomic E-state index is 0.114. The number of benzene rings is 7. The highest BCUT2D eigenvalue weighted by atomic mass is 16.5. The number of rotatable bonds is 11. The van der Waals surface area contributed by atoms with E-state index >= 15 is 0 Å². The zero-order valence-electron chi connectivity index (χ0n) is 26.6. The van der Waals surface area contributed by atoms with Crippen molar-refractivity contribution in [2.45, 2.75) is 19.8 Å². The SMILES string of the molecule is OCc1cc(OCc2cc(-c3ccccc3)cc(-c3ccccc3)c2)cc(OCc2cc(-c3ccccc3)cc(-c3ccccc3)c2)c1. The molecule has 0 spiro atoms. The van der Waals surface area contributed by atoms with Crippen LogP contribution in [0.5, 0.6) is 11.5 Å². The van der Waals surface area contributed by atoms with Crippen molar-refractivity contribution in [1.29, 1.82) is 0 Å². The molecule has 48 heavy (non-hydrogen) atoms. The summed E-state index contributed by atoms with van der Waals surface area (Å²) >= 11 is 0. The van der Waals surface area contributed by atoms with Gasteiger partial charge in [-0.05, 0) is 110 Å². The molecule has 0 aliphatic rings. The normalized spacial score (nSPS) is 10.9. The van der Waals surface area contributed by atoms with E-state index in [-0.39, 0.29) is 6.61 Å². The Kier molecular flexibility index (Phi) is 9.40. The minimum Gasteiger partial charge on any atom is -0.489 e. The van der Waals surface area contributed by atoms with Crippen LogP contribution in [0.25, 0.3) is 44.5 Å². The highest BCUT2D eigenvalue weighted by Gasteiger charge is 2.10. The summed E-state index contributed by atoms with van der Waals surface area (Å²) in [5.41, 5.74) is 12.0. The van der Waals surface area contributed by atoms with Gasteiger partial charge in [0.1, 0.15) is 24.7 Å². The average molecular weight is 625 g/mol. The van der Waals surface area contributed by atoms with Crippen LogP contribution in [0.15, 0.2) is 176 Å². The largest absolute Gasteiger partial charge is 0.489 e. The molecular weight excluding hydrogens is 588 g/mol. The summed E-state index contributed by atoms with van der Waals surface area (Å²) in [6.07, 6.45) is 0. The summed E-state index contributed by atoms with van der Waals surface area (Å²) in [5, 5.41) is 10.1. The van der Waals surface area contributed by atoms with Crippen LogP contribution in [0.4, 0.5) is 0 Å². The molecule has 0 atom stereocenters. The van der Waals surface area contributed by atoms with Crippen LogP contribution in [0, 0.1) is 0 Å². The fourth-order valence-corrected chi connectivity index (χ4v) is 5.96. The summed E-state index contributed by atoms with van der Waals surface area (Å²) < 4.78 is 12.7. The van der Waals surface area contributed by atoms with Crippen molar-refractivity contribution in [2.75, 3.05) is 0 Å². The van der Waals surface area contributed by atoms with E-state index in [0.717, 1.165) is 61.2 Å². The van der Waals surface area contributed by atoms with E-state index in [1.165, 1.54) is 0 Å². The first-order valence-electron chi connectivity index (χ1n) is 16.2. The van der Waals surface area contributed by atoms with E-state index in [9.17, 15) is 5.11 Å². The number of hydrogen-bond acceptors (Lipinski definition) is 3. The zero-order valence-corrected chi connectivity index (χ0v) is 26.6. The summed E-state index contributed by atoms with van der Waals surface area (Å²) in [6, 6.07) is 60.4. The van der Waals surface area contributed by atoms with E-state index in [0.29, 0.717) is 24.7 Å². The quantitative estimate of drug-likeness (QED) is 0.156. The van der Waals surface area contributed by atoms with Crippen LogP contribution in [0.1, 0.15) is 16.7 Å². The Morgan fingerprint density at radius 3 is 0.917 bits per heavy atom. The van der Waals surface area contributed by atoms with Crippen LogP contribution in [-0.2, 0) is 19.8 Å². The van der Waals surface area contributed by atoms with Gasteiger partial charge in [0.2, 0.25) is 0 Å². The standard InChI is InChI=1S/C45H36O3/c46-30-33-25-44(47-31-34-21-40(36-13-5-1-6-14-36)27-41(22-34)37-15-7-2-8-16-37)29-45(26-33)48-32-35-23-42(38-17-9-3-10-18-38)28-43(24-35)39-19-11-4-12-20-39/h1-29,46H,30-32H2. The molecule has 0 aliphatic heterocycles. The molecule has 1 N–H and O–H groups in total. The van der Waals surface area contributed by atoms with Gasteiger partial charge < -0.3 is 14.6 Å². The second kappa shape index (κ2) is 14.7. The average Bonchev–Trinajstić information content (AvgIpc) is 3.17. The molecule has 7 aromatic carbocycles. The van der Waals surface area contributed by atoms with E-state index in [1.807, 2.05) is 42.5 Å². The van der Waals surface area contributed by atoms with Crippen molar-refractivity contribution < 1.29 is 14.6 Å². The van der Waals surface area contributed by atoms with E-state index in [2.05, 4.69) is 133 Å². The van der Waals surface area contributed by atoms with Gasteiger partial charge in [-0.1, -0.05) is 121 Å². The number of aliphatic hydroxyl groups excluding tert-OH is 1. The van der Waals surface area contributed by atoms with Crippen LogP contribution >= 0.6 is 0 Å². The van der Waals surface area contributed by atoms with Gasteiger partial charge in [-0.3, -0.25) is 0 Å². The molecule has 0 fully saturated rings. The van der Waals surface area contributed by atoms with Crippen molar-refractivity contribution >= 4 is 0 Å². The molecule has 0 bridgehead atoms. The lowest BCUT2D eigenvalue weighted by molar-refractivity contribution is 0.271. The molecule has 0 heterocycles. The van der Waals surface area contributed by atoms with Crippen molar-refractivity contribution in [3.05, 3.63) is 193 Å². The predicted molar refractivity (Wildman–Crippen MR) is 196 cm³/mol. The molecule has 3 heteroatoms. The Morgan fingerprint density at radius 2 is 0.625 bits per heavy atom. The van der Waals surface area contributed by atoms with Gasteiger partial charge in [0.15, 0.2) is 0 Å². The predicted octanol–water partition coefficient (Wildman–Crippen LogP) is 11.0. The van der Waals surface area contributed by atoms with Crippen LogP contribution in [-0.4, -0.2) is 5.11 Å². The molecule has 0 saturated carbocycles. The molecule has 0 aliphatic carbocycles. The lowest BCUT2D eigenvalue weighted by Gasteiger charge is -2.15. The number of hydrogen-bond donors (Lipinski definition) is 1. The number of aliphatic hydroxyl groups is 1. The third-order valence-corrected chi connectivity index (χ3v) is 8.35. The molecule has 7 rings (SSSR count). The van der Waals surface area contributed by atoms with Gasteiger partial charge in [-0.25, -0.2) is 0 Å². The third kappa shape index (κ3) is 7.55. The van der Waals surface area contributed by atoms with Gasteiger partial charge in [-0.15, -0.1) is 0 Å². The van der Waals surface area contributed by atoms with Crippen LogP contribution in [0.2, 0.25) is 0 Å². The van der Waals surface area contributed by atoms with Crippen LogP contribution in [0.3, 0.4) is 0 Å². The molecule has 0 aromatic heterocycles. The van der Waals surface area contributed by atoms with Gasteiger partial charge in [0.05, 0.1) is 6.61 Å². The maximum atomic E-state index is 10.1. The lowest BCUT2D eigenvalue weighted by atomic mass is 9.96.